The quantitative estimate of drug-likeness (QED) is 0.430. The molecule has 106 valence electrons. The molecule has 3 rings (SSSR count). The first-order valence-corrected chi connectivity index (χ1v) is 6.60. The van der Waals surface area contributed by atoms with Crippen LogP contribution < -0.4 is 16.4 Å². The maximum atomic E-state index is 12.5. The molecule has 3 unspecified atom stereocenters. The van der Waals surface area contributed by atoms with Crippen LogP contribution in [0.5, 0.6) is 0 Å². The molecule has 1 saturated heterocycles. The van der Waals surface area contributed by atoms with Crippen LogP contribution in [-0.4, -0.2) is 22.6 Å². The highest BCUT2D eigenvalue weighted by Crippen LogP contribution is 2.62. The Balaban J connectivity index is 2.30. The number of carbonyl (C=O) groups excluding carboxylic acids is 2. The van der Waals surface area contributed by atoms with Crippen molar-refractivity contribution in [3.8, 4) is 6.07 Å². The molecule has 7 heteroatoms. The van der Waals surface area contributed by atoms with Gasteiger partial charge in [0, 0.05) is 5.41 Å². The van der Waals surface area contributed by atoms with Gasteiger partial charge in [-0.3, -0.25) is 9.59 Å². The molecule has 0 aromatic heterocycles. The van der Waals surface area contributed by atoms with Crippen molar-refractivity contribution < 1.29 is 14.7 Å². The summed E-state index contributed by atoms with van der Waals surface area (Å²) in [6.45, 7) is 1.68. The zero-order chi connectivity index (χ0) is 14.8. The van der Waals surface area contributed by atoms with Crippen molar-refractivity contribution >= 4 is 11.8 Å². The second kappa shape index (κ2) is 3.52. The predicted molar refractivity (Wildman–Crippen MR) is 67.1 cm³/mol. The number of amides is 2. The molecular formula is C13H16N4O3. The van der Waals surface area contributed by atoms with E-state index in [0.717, 1.165) is 12.8 Å². The first-order valence-electron chi connectivity index (χ1n) is 6.60. The van der Waals surface area contributed by atoms with Gasteiger partial charge in [0.05, 0.1) is 5.57 Å². The number of hydrogen-bond acceptors (Lipinski definition) is 5. The van der Waals surface area contributed by atoms with Gasteiger partial charge in [-0.05, 0) is 19.3 Å². The van der Waals surface area contributed by atoms with Gasteiger partial charge >= 0.3 is 0 Å². The molecule has 0 aromatic rings. The summed E-state index contributed by atoms with van der Waals surface area (Å²) in [7, 11) is 0. The smallest absolute Gasteiger partial charge is 0.247 e. The fraction of sp³-hybridized carbons (Fsp3) is 0.615. The summed E-state index contributed by atoms with van der Waals surface area (Å²) in [5, 5.41) is 25.1. The highest BCUT2D eigenvalue weighted by molar-refractivity contribution is 6.14. The minimum absolute atomic E-state index is 0.0830. The van der Waals surface area contributed by atoms with Gasteiger partial charge in [-0.15, -0.1) is 0 Å². The van der Waals surface area contributed by atoms with Crippen LogP contribution in [0, 0.1) is 22.2 Å². The van der Waals surface area contributed by atoms with E-state index < -0.39 is 28.4 Å². The first kappa shape index (κ1) is 12.9. The summed E-state index contributed by atoms with van der Waals surface area (Å²) >= 11 is 0. The van der Waals surface area contributed by atoms with E-state index in [1.807, 2.05) is 6.07 Å². The van der Waals surface area contributed by atoms with Crippen LogP contribution in [0.2, 0.25) is 0 Å². The molecule has 5 N–H and O–H groups in total. The molecule has 0 radical (unpaired) electrons. The lowest BCUT2D eigenvalue weighted by Crippen LogP contribution is -2.58. The summed E-state index contributed by atoms with van der Waals surface area (Å²) in [5.41, 5.74) is 1.32. The second-order valence-corrected chi connectivity index (χ2v) is 5.96. The molecule has 1 aliphatic carbocycles. The number of nitrogens with one attached hydrogen (secondary N) is 2. The van der Waals surface area contributed by atoms with Gasteiger partial charge in [0.2, 0.25) is 11.8 Å². The fourth-order valence-corrected chi connectivity index (χ4v) is 4.05. The first-order chi connectivity index (χ1) is 9.33. The third-order valence-electron chi connectivity index (χ3n) is 5.21. The number of nitrogens with zero attached hydrogens (tertiary/aromatic N) is 1. The van der Waals surface area contributed by atoms with Gasteiger partial charge in [-0.25, -0.2) is 0 Å². The molecule has 2 fully saturated rings. The van der Waals surface area contributed by atoms with Crippen molar-refractivity contribution in [3.63, 3.8) is 0 Å². The van der Waals surface area contributed by atoms with Crippen LogP contribution in [0.25, 0.3) is 0 Å². The van der Waals surface area contributed by atoms with Crippen molar-refractivity contribution in [1.82, 2.24) is 10.6 Å². The van der Waals surface area contributed by atoms with Crippen LogP contribution in [0.1, 0.15) is 32.6 Å². The Bertz CT molecular complexity index is 607. The van der Waals surface area contributed by atoms with Crippen LogP contribution in [-0.2, 0) is 9.59 Å². The van der Waals surface area contributed by atoms with Crippen molar-refractivity contribution in [1.29, 1.82) is 5.26 Å². The maximum Gasteiger partial charge on any atom is 0.247 e. The van der Waals surface area contributed by atoms with Crippen LogP contribution in [0.15, 0.2) is 11.4 Å². The molecule has 3 atom stereocenters. The Kier molecular flexibility index (Phi) is 2.28. The van der Waals surface area contributed by atoms with E-state index in [2.05, 4.69) is 10.6 Å². The number of hydrogen-bond donors (Lipinski definition) is 4. The topological polar surface area (TPSA) is 128 Å². The zero-order valence-corrected chi connectivity index (χ0v) is 11.1. The van der Waals surface area contributed by atoms with Crippen LogP contribution in [0.4, 0.5) is 0 Å². The van der Waals surface area contributed by atoms with E-state index in [-0.39, 0.29) is 11.4 Å². The average Bonchev–Trinajstić information content (AvgIpc) is 2.73. The summed E-state index contributed by atoms with van der Waals surface area (Å²) in [5.74, 6) is -1.35. The standard InChI is InChI=1S/C13H16N4O3/c1-11-4-2-3-5-12(11,20)17-10(19)13(11)7(6-14)8(15)16-9(13)18/h20H,2-5,15H2,1H3,(H,16,18)(H,17,19). The van der Waals surface area contributed by atoms with Gasteiger partial charge in [-0.2, -0.15) is 5.26 Å². The lowest BCUT2D eigenvalue weighted by atomic mass is 9.54. The number of rotatable bonds is 0. The largest absolute Gasteiger partial charge is 0.384 e. The SMILES string of the molecule is CC12CCCCC1(O)NC(=O)C21C(=O)NC(N)=C1C#N. The Morgan fingerprint density at radius 1 is 1.30 bits per heavy atom. The monoisotopic (exact) mass is 276 g/mol. The molecule has 2 heterocycles. The summed E-state index contributed by atoms with van der Waals surface area (Å²) in [6.07, 6.45) is 2.36. The Morgan fingerprint density at radius 2 is 1.95 bits per heavy atom. The number of carbonyl (C=O) groups is 2. The third kappa shape index (κ3) is 1.06. The number of aliphatic hydroxyl groups is 1. The molecule has 7 nitrogen and oxygen atoms in total. The summed E-state index contributed by atoms with van der Waals surface area (Å²) in [4.78, 5) is 25.0. The number of fused-ring (bicyclic) bond motifs is 2. The average molecular weight is 276 g/mol. The van der Waals surface area contributed by atoms with Gasteiger partial charge in [0.15, 0.2) is 5.41 Å². The fourth-order valence-electron chi connectivity index (χ4n) is 4.05. The number of nitrogens with two attached hydrogens (primary N) is 1. The number of nitriles is 1. The normalized spacial score (nSPS) is 43.2. The Hall–Kier alpha value is -2.07. The molecule has 2 amide bonds. The predicted octanol–water partition coefficient (Wildman–Crippen LogP) is -0.805. The van der Waals surface area contributed by atoms with E-state index in [4.69, 9.17) is 5.73 Å². The Labute approximate surface area is 115 Å². The zero-order valence-electron chi connectivity index (χ0n) is 11.1. The van der Waals surface area contributed by atoms with Crippen molar-refractivity contribution in [2.24, 2.45) is 16.6 Å². The van der Waals surface area contributed by atoms with E-state index >= 15 is 0 Å². The van der Waals surface area contributed by atoms with Gasteiger partial charge in [-0.1, -0.05) is 13.3 Å². The third-order valence-corrected chi connectivity index (χ3v) is 5.21. The molecule has 20 heavy (non-hydrogen) atoms. The highest BCUT2D eigenvalue weighted by Gasteiger charge is 2.77. The van der Waals surface area contributed by atoms with Crippen LogP contribution in [0.3, 0.4) is 0 Å². The van der Waals surface area contributed by atoms with E-state index in [1.165, 1.54) is 0 Å². The highest BCUT2D eigenvalue weighted by atomic mass is 16.3. The second-order valence-electron chi connectivity index (χ2n) is 5.96. The molecule has 2 aliphatic heterocycles. The van der Waals surface area contributed by atoms with E-state index in [9.17, 15) is 20.0 Å². The lowest BCUT2D eigenvalue weighted by molar-refractivity contribution is -0.153. The van der Waals surface area contributed by atoms with Crippen LogP contribution >= 0.6 is 0 Å². The Morgan fingerprint density at radius 3 is 2.60 bits per heavy atom. The molecular weight excluding hydrogens is 260 g/mol. The van der Waals surface area contributed by atoms with Crippen molar-refractivity contribution in [3.05, 3.63) is 11.4 Å². The van der Waals surface area contributed by atoms with E-state index in [1.54, 1.807) is 6.92 Å². The minimum Gasteiger partial charge on any atom is -0.384 e. The van der Waals surface area contributed by atoms with Crippen molar-refractivity contribution in [2.45, 2.75) is 38.3 Å². The van der Waals surface area contributed by atoms with Gasteiger partial charge in [0.1, 0.15) is 17.6 Å². The summed E-state index contributed by atoms with van der Waals surface area (Å²) < 4.78 is 0. The molecule has 0 aromatic carbocycles. The summed E-state index contributed by atoms with van der Waals surface area (Å²) in [6, 6.07) is 1.88. The maximum absolute atomic E-state index is 12.5. The van der Waals surface area contributed by atoms with Gasteiger partial charge in [0.25, 0.3) is 0 Å². The molecule has 0 bridgehead atoms. The minimum atomic E-state index is -1.72. The van der Waals surface area contributed by atoms with Gasteiger partial charge < -0.3 is 21.5 Å². The van der Waals surface area contributed by atoms with E-state index in [0.29, 0.717) is 12.8 Å². The van der Waals surface area contributed by atoms with Crippen molar-refractivity contribution in [2.75, 3.05) is 0 Å². The molecule has 1 spiro atoms. The lowest BCUT2D eigenvalue weighted by Gasteiger charge is -2.47. The molecule has 3 aliphatic rings. The molecule has 1 saturated carbocycles.